The number of carbonyl (C=O) groups is 2. The van der Waals surface area contributed by atoms with Crippen molar-refractivity contribution in [1.82, 2.24) is 10.2 Å². The van der Waals surface area contributed by atoms with Crippen LogP contribution in [0.2, 0.25) is 0 Å². The summed E-state index contributed by atoms with van der Waals surface area (Å²) >= 11 is 0.738. The number of aryl methyl sites for hydroxylation is 1. The van der Waals surface area contributed by atoms with E-state index in [-0.39, 0.29) is 15.4 Å². The number of aromatic nitrogens is 2. The normalized spacial score (nSPS) is 11.0. The number of nitrogens with one attached hydrogen (secondary N) is 3. The first-order valence-corrected chi connectivity index (χ1v) is 10.7. The van der Waals surface area contributed by atoms with Crippen molar-refractivity contribution in [3.05, 3.63) is 59.7 Å². The predicted octanol–water partition coefficient (Wildman–Crippen LogP) is 2.86. The van der Waals surface area contributed by atoms with Crippen LogP contribution in [0, 0.1) is 6.92 Å². The third kappa shape index (κ3) is 5.15. The number of hydrogen-bond donors (Lipinski definition) is 3. The zero-order chi connectivity index (χ0) is 21.0. The Bertz CT molecular complexity index is 1160. The summed E-state index contributed by atoms with van der Waals surface area (Å²) in [7, 11) is -3.98. The van der Waals surface area contributed by atoms with Crippen molar-refractivity contribution in [2.24, 2.45) is 0 Å². The monoisotopic (exact) mass is 431 g/mol. The van der Waals surface area contributed by atoms with Crippen molar-refractivity contribution in [2.45, 2.75) is 18.2 Å². The standard InChI is InChI=1S/C18H17N5O4S2/c1-11-5-3-4-6-15(11)16(25)20-17-21-22-18(28-17)29(26,27)23-14-9-7-13(8-10-14)19-12(2)24/h3-10,23H,1-2H3,(H,19,24)(H,20,21,25). The third-order valence-electron chi connectivity index (χ3n) is 3.70. The molecule has 2 aromatic carbocycles. The van der Waals surface area contributed by atoms with Crippen molar-refractivity contribution in [3.8, 4) is 0 Å². The van der Waals surface area contributed by atoms with Crippen LogP contribution >= 0.6 is 11.3 Å². The van der Waals surface area contributed by atoms with Gasteiger partial charge in [-0.25, -0.2) is 0 Å². The fourth-order valence-electron chi connectivity index (χ4n) is 2.38. The first-order chi connectivity index (χ1) is 13.7. The Hall–Kier alpha value is -3.31. The molecule has 0 saturated heterocycles. The van der Waals surface area contributed by atoms with E-state index >= 15 is 0 Å². The highest BCUT2D eigenvalue weighted by molar-refractivity contribution is 7.94. The summed E-state index contributed by atoms with van der Waals surface area (Å²) in [6.45, 7) is 3.17. The molecule has 1 heterocycles. The van der Waals surface area contributed by atoms with Gasteiger partial charge in [-0.1, -0.05) is 29.5 Å². The van der Waals surface area contributed by atoms with E-state index in [4.69, 9.17) is 0 Å². The molecule has 11 heteroatoms. The third-order valence-corrected chi connectivity index (χ3v) is 6.29. The van der Waals surface area contributed by atoms with Crippen molar-refractivity contribution >= 4 is 49.7 Å². The van der Waals surface area contributed by atoms with Crippen LogP contribution in [-0.4, -0.2) is 30.4 Å². The Labute approximate surface area is 171 Å². The molecule has 0 spiro atoms. The highest BCUT2D eigenvalue weighted by Crippen LogP contribution is 2.24. The summed E-state index contributed by atoms with van der Waals surface area (Å²) in [6, 6.07) is 13.1. The second-order valence-corrected chi connectivity index (χ2v) is 8.84. The van der Waals surface area contributed by atoms with Crippen LogP contribution < -0.4 is 15.4 Å². The van der Waals surface area contributed by atoms with Crippen LogP contribution in [0.4, 0.5) is 16.5 Å². The topological polar surface area (TPSA) is 130 Å². The fraction of sp³-hybridized carbons (Fsp3) is 0.111. The second-order valence-electron chi connectivity index (χ2n) is 6.01. The second kappa shape index (κ2) is 8.37. The lowest BCUT2D eigenvalue weighted by molar-refractivity contribution is -0.114. The van der Waals surface area contributed by atoms with Gasteiger partial charge in [0.2, 0.25) is 11.0 Å². The molecule has 0 atom stereocenters. The first kappa shape index (κ1) is 20.4. The van der Waals surface area contributed by atoms with E-state index in [0.717, 1.165) is 16.9 Å². The average Bonchev–Trinajstić information content (AvgIpc) is 3.12. The van der Waals surface area contributed by atoms with E-state index < -0.39 is 15.9 Å². The number of nitrogens with zero attached hydrogens (tertiary/aromatic N) is 2. The molecule has 0 aliphatic rings. The molecule has 1 aromatic heterocycles. The highest BCUT2D eigenvalue weighted by Gasteiger charge is 2.21. The largest absolute Gasteiger partial charge is 0.326 e. The number of rotatable bonds is 6. The van der Waals surface area contributed by atoms with E-state index in [1.165, 1.54) is 19.1 Å². The molecular weight excluding hydrogens is 414 g/mol. The Kier molecular flexibility index (Phi) is 5.89. The number of sulfonamides is 1. The molecule has 0 aliphatic carbocycles. The summed E-state index contributed by atoms with van der Waals surface area (Å²) in [4.78, 5) is 23.4. The number of anilines is 3. The Morgan fingerprint density at radius 2 is 1.59 bits per heavy atom. The number of hydrogen-bond acceptors (Lipinski definition) is 7. The van der Waals surface area contributed by atoms with Gasteiger partial charge in [-0.3, -0.25) is 19.6 Å². The molecule has 150 valence electrons. The zero-order valence-corrected chi connectivity index (χ0v) is 17.1. The van der Waals surface area contributed by atoms with Crippen LogP contribution in [0.5, 0.6) is 0 Å². The predicted molar refractivity (Wildman–Crippen MR) is 111 cm³/mol. The smallest absolute Gasteiger partial charge is 0.291 e. The van der Waals surface area contributed by atoms with Crippen molar-refractivity contribution in [3.63, 3.8) is 0 Å². The SMILES string of the molecule is CC(=O)Nc1ccc(NS(=O)(=O)c2nnc(NC(=O)c3ccccc3C)s2)cc1. The maximum Gasteiger partial charge on any atom is 0.291 e. The fourth-order valence-corrected chi connectivity index (χ4v) is 4.34. The Balaban J connectivity index is 1.71. The van der Waals surface area contributed by atoms with Crippen molar-refractivity contribution < 1.29 is 18.0 Å². The van der Waals surface area contributed by atoms with Crippen LogP contribution in [0.15, 0.2) is 52.9 Å². The van der Waals surface area contributed by atoms with Crippen LogP contribution in [-0.2, 0) is 14.8 Å². The van der Waals surface area contributed by atoms with E-state index in [2.05, 4.69) is 25.6 Å². The molecule has 0 aliphatic heterocycles. The van der Waals surface area contributed by atoms with Gasteiger partial charge in [0.1, 0.15) is 0 Å². The zero-order valence-electron chi connectivity index (χ0n) is 15.5. The lowest BCUT2D eigenvalue weighted by Crippen LogP contribution is -2.13. The van der Waals surface area contributed by atoms with E-state index in [9.17, 15) is 18.0 Å². The Morgan fingerprint density at radius 3 is 2.24 bits per heavy atom. The molecule has 0 saturated carbocycles. The van der Waals surface area contributed by atoms with Gasteiger partial charge in [0.25, 0.3) is 20.3 Å². The molecule has 0 unspecified atom stereocenters. The van der Waals surface area contributed by atoms with Crippen LogP contribution in [0.3, 0.4) is 0 Å². The molecule has 3 rings (SSSR count). The number of amides is 2. The van der Waals surface area contributed by atoms with Gasteiger partial charge in [-0.2, -0.15) is 8.42 Å². The van der Waals surface area contributed by atoms with Gasteiger partial charge < -0.3 is 5.32 Å². The van der Waals surface area contributed by atoms with E-state index in [1.54, 1.807) is 37.3 Å². The molecule has 3 N–H and O–H groups in total. The number of benzene rings is 2. The van der Waals surface area contributed by atoms with Gasteiger partial charge >= 0.3 is 0 Å². The molecular formula is C18H17N5O4S2. The molecule has 0 fully saturated rings. The lowest BCUT2D eigenvalue weighted by Gasteiger charge is -2.06. The van der Waals surface area contributed by atoms with Crippen LogP contribution in [0.25, 0.3) is 0 Å². The summed E-state index contributed by atoms with van der Waals surface area (Å²) in [5.41, 5.74) is 2.08. The minimum atomic E-state index is -3.98. The summed E-state index contributed by atoms with van der Waals surface area (Å²) in [6.07, 6.45) is 0. The van der Waals surface area contributed by atoms with Gasteiger partial charge in [0.15, 0.2) is 0 Å². The molecule has 3 aromatic rings. The van der Waals surface area contributed by atoms with Gasteiger partial charge in [-0.15, -0.1) is 10.2 Å². The first-order valence-electron chi connectivity index (χ1n) is 8.35. The van der Waals surface area contributed by atoms with Crippen molar-refractivity contribution in [2.75, 3.05) is 15.4 Å². The Morgan fingerprint density at radius 1 is 0.931 bits per heavy atom. The maximum absolute atomic E-state index is 12.5. The van der Waals surface area contributed by atoms with Crippen LogP contribution in [0.1, 0.15) is 22.8 Å². The van der Waals surface area contributed by atoms with E-state index in [0.29, 0.717) is 16.9 Å². The minimum absolute atomic E-state index is 0.0691. The summed E-state index contributed by atoms with van der Waals surface area (Å²) in [5.74, 6) is -0.628. The highest BCUT2D eigenvalue weighted by atomic mass is 32.2. The molecule has 0 radical (unpaired) electrons. The van der Waals surface area contributed by atoms with Crippen molar-refractivity contribution in [1.29, 1.82) is 0 Å². The summed E-state index contributed by atoms with van der Waals surface area (Å²) in [5, 5.41) is 12.6. The summed E-state index contributed by atoms with van der Waals surface area (Å²) < 4.78 is 27.1. The molecule has 29 heavy (non-hydrogen) atoms. The maximum atomic E-state index is 12.5. The van der Waals surface area contributed by atoms with E-state index in [1.807, 2.05) is 6.07 Å². The quantitative estimate of drug-likeness (QED) is 0.515. The lowest BCUT2D eigenvalue weighted by atomic mass is 10.1. The van der Waals surface area contributed by atoms with Gasteiger partial charge in [0, 0.05) is 23.9 Å². The molecule has 0 bridgehead atoms. The number of carbonyl (C=O) groups excluding carboxylic acids is 2. The molecule has 2 amide bonds. The molecule has 9 nitrogen and oxygen atoms in total. The van der Waals surface area contributed by atoms with Gasteiger partial charge in [0.05, 0.1) is 0 Å². The minimum Gasteiger partial charge on any atom is -0.326 e. The average molecular weight is 431 g/mol. The van der Waals surface area contributed by atoms with Gasteiger partial charge in [-0.05, 0) is 42.8 Å².